The Morgan fingerprint density at radius 2 is 2.44 bits per heavy atom. The predicted molar refractivity (Wildman–Crippen MR) is 80.3 cm³/mol. The monoisotopic (exact) mass is 266 g/mol. The first kappa shape index (κ1) is 14.0. The van der Waals surface area contributed by atoms with E-state index in [0.717, 1.165) is 18.9 Å². The molecule has 2 rings (SSSR count). The molecule has 3 heteroatoms. The summed E-state index contributed by atoms with van der Waals surface area (Å²) in [6.45, 7) is 9.53. The zero-order valence-corrected chi connectivity index (χ0v) is 12.5. The normalized spacial score (nSPS) is 23.1. The Hall–Kier alpha value is -0.380. The lowest BCUT2D eigenvalue weighted by atomic mass is 9.91. The van der Waals surface area contributed by atoms with Gasteiger partial charge in [-0.05, 0) is 74.1 Å². The minimum absolute atomic E-state index is 0.651. The molecule has 2 unspecified atom stereocenters. The average molecular weight is 266 g/mol. The zero-order chi connectivity index (χ0) is 12.8. The van der Waals surface area contributed by atoms with E-state index in [0.29, 0.717) is 6.04 Å². The Bertz CT molecular complexity index is 323. The molecule has 1 aliphatic heterocycles. The first-order chi connectivity index (χ1) is 8.79. The fourth-order valence-electron chi connectivity index (χ4n) is 2.83. The molecule has 1 aromatic rings. The van der Waals surface area contributed by atoms with Gasteiger partial charge in [-0.15, -0.1) is 0 Å². The average Bonchev–Trinajstić information content (AvgIpc) is 2.92. The molecular weight excluding hydrogens is 240 g/mol. The number of hydrogen-bond acceptors (Lipinski definition) is 3. The number of hydrogen-bond donors (Lipinski definition) is 1. The topological polar surface area (TPSA) is 15.3 Å². The van der Waals surface area contributed by atoms with Crippen molar-refractivity contribution in [3.63, 3.8) is 0 Å². The highest BCUT2D eigenvalue weighted by atomic mass is 32.1. The Kier molecular flexibility index (Phi) is 5.67. The summed E-state index contributed by atoms with van der Waals surface area (Å²) in [7, 11) is 0. The molecule has 102 valence electrons. The molecule has 2 nitrogen and oxygen atoms in total. The van der Waals surface area contributed by atoms with Crippen molar-refractivity contribution in [3.05, 3.63) is 22.4 Å². The van der Waals surface area contributed by atoms with Crippen molar-refractivity contribution < 1.29 is 0 Å². The summed E-state index contributed by atoms with van der Waals surface area (Å²) in [5, 5.41) is 8.13. The summed E-state index contributed by atoms with van der Waals surface area (Å²) >= 11 is 1.80. The molecule has 2 heterocycles. The van der Waals surface area contributed by atoms with Crippen LogP contribution in [0.3, 0.4) is 0 Å². The predicted octanol–water partition coefficient (Wildman–Crippen LogP) is 3.00. The molecule has 1 saturated heterocycles. The molecule has 0 aromatic carbocycles. The minimum atomic E-state index is 0.651. The molecule has 1 fully saturated rings. The molecule has 18 heavy (non-hydrogen) atoms. The van der Waals surface area contributed by atoms with Crippen molar-refractivity contribution in [2.24, 2.45) is 5.92 Å². The lowest BCUT2D eigenvalue weighted by Crippen LogP contribution is -2.44. The number of nitrogens with one attached hydrogen (secondary N) is 1. The van der Waals surface area contributed by atoms with Gasteiger partial charge < -0.3 is 10.2 Å². The van der Waals surface area contributed by atoms with Gasteiger partial charge in [-0.1, -0.05) is 6.92 Å². The van der Waals surface area contributed by atoms with Gasteiger partial charge in [0.1, 0.15) is 0 Å². The first-order valence-corrected chi connectivity index (χ1v) is 8.20. The highest BCUT2D eigenvalue weighted by Crippen LogP contribution is 2.19. The molecule has 0 spiro atoms. The highest BCUT2D eigenvalue weighted by Gasteiger charge is 2.23. The van der Waals surface area contributed by atoms with Gasteiger partial charge in [0.05, 0.1) is 0 Å². The van der Waals surface area contributed by atoms with E-state index in [1.54, 1.807) is 11.3 Å². The Morgan fingerprint density at radius 1 is 1.56 bits per heavy atom. The zero-order valence-electron chi connectivity index (χ0n) is 11.7. The van der Waals surface area contributed by atoms with Crippen molar-refractivity contribution in [1.29, 1.82) is 0 Å². The standard InChI is InChI=1S/C15H26N2S/c1-3-17-9-4-5-15(11-17)13(2)16-8-6-14-7-10-18-12-14/h7,10,12-13,15-16H,3-6,8-9,11H2,1-2H3. The van der Waals surface area contributed by atoms with Crippen LogP contribution in [0.4, 0.5) is 0 Å². The van der Waals surface area contributed by atoms with Gasteiger partial charge in [0, 0.05) is 12.6 Å². The van der Waals surface area contributed by atoms with E-state index >= 15 is 0 Å². The Morgan fingerprint density at radius 3 is 3.17 bits per heavy atom. The SMILES string of the molecule is CCN1CCCC(C(C)NCCc2ccsc2)C1. The summed E-state index contributed by atoms with van der Waals surface area (Å²) < 4.78 is 0. The van der Waals surface area contributed by atoms with E-state index in [9.17, 15) is 0 Å². The largest absolute Gasteiger partial charge is 0.314 e. The van der Waals surface area contributed by atoms with E-state index in [1.165, 1.54) is 38.0 Å². The smallest absolute Gasteiger partial charge is 0.00793 e. The molecule has 0 aliphatic carbocycles. The highest BCUT2D eigenvalue weighted by molar-refractivity contribution is 7.07. The van der Waals surface area contributed by atoms with Crippen LogP contribution < -0.4 is 5.32 Å². The minimum Gasteiger partial charge on any atom is -0.314 e. The number of likely N-dealkylation sites (tertiary alicyclic amines) is 1. The van der Waals surface area contributed by atoms with E-state index in [4.69, 9.17) is 0 Å². The van der Waals surface area contributed by atoms with Gasteiger partial charge in [0.25, 0.3) is 0 Å². The van der Waals surface area contributed by atoms with E-state index < -0.39 is 0 Å². The van der Waals surface area contributed by atoms with Crippen LogP contribution >= 0.6 is 11.3 Å². The van der Waals surface area contributed by atoms with Crippen LogP contribution in [0.2, 0.25) is 0 Å². The van der Waals surface area contributed by atoms with Crippen LogP contribution in [0.1, 0.15) is 32.3 Å². The summed E-state index contributed by atoms with van der Waals surface area (Å²) in [6.07, 6.45) is 3.93. The van der Waals surface area contributed by atoms with Crippen LogP contribution in [-0.4, -0.2) is 37.1 Å². The maximum Gasteiger partial charge on any atom is 0.00793 e. The van der Waals surface area contributed by atoms with Gasteiger partial charge >= 0.3 is 0 Å². The maximum atomic E-state index is 3.71. The van der Waals surface area contributed by atoms with Gasteiger partial charge in [-0.25, -0.2) is 0 Å². The summed E-state index contributed by atoms with van der Waals surface area (Å²) in [5.74, 6) is 0.834. The molecule has 0 saturated carbocycles. The van der Waals surface area contributed by atoms with Crippen LogP contribution in [0.15, 0.2) is 16.8 Å². The summed E-state index contributed by atoms with van der Waals surface area (Å²) in [6, 6.07) is 2.88. The molecule has 1 aromatic heterocycles. The van der Waals surface area contributed by atoms with Crippen molar-refractivity contribution in [2.45, 2.75) is 39.2 Å². The molecule has 0 radical (unpaired) electrons. The lowest BCUT2D eigenvalue weighted by Gasteiger charge is -2.35. The molecule has 1 aliphatic rings. The fourth-order valence-corrected chi connectivity index (χ4v) is 3.54. The third-order valence-electron chi connectivity index (χ3n) is 4.16. The van der Waals surface area contributed by atoms with Crippen molar-refractivity contribution >= 4 is 11.3 Å². The second-order valence-corrected chi connectivity index (χ2v) is 6.20. The third-order valence-corrected chi connectivity index (χ3v) is 4.89. The second-order valence-electron chi connectivity index (χ2n) is 5.42. The lowest BCUT2D eigenvalue weighted by molar-refractivity contribution is 0.157. The van der Waals surface area contributed by atoms with E-state index in [2.05, 4.69) is 40.9 Å². The molecule has 1 N–H and O–H groups in total. The third kappa shape index (κ3) is 4.08. The Balaban J connectivity index is 1.68. The number of piperidine rings is 1. The van der Waals surface area contributed by atoms with Gasteiger partial charge in [-0.3, -0.25) is 0 Å². The second kappa shape index (κ2) is 7.27. The van der Waals surface area contributed by atoms with Crippen molar-refractivity contribution in [3.8, 4) is 0 Å². The quantitative estimate of drug-likeness (QED) is 0.851. The van der Waals surface area contributed by atoms with E-state index in [1.807, 2.05) is 0 Å². The fraction of sp³-hybridized carbons (Fsp3) is 0.733. The molecule has 0 bridgehead atoms. The number of rotatable bonds is 6. The van der Waals surface area contributed by atoms with Gasteiger partial charge in [0.2, 0.25) is 0 Å². The van der Waals surface area contributed by atoms with Crippen LogP contribution in [0.25, 0.3) is 0 Å². The number of nitrogens with zero attached hydrogens (tertiary/aromatic N) is 1. The van der Waals surface area contributed by atoms with Crippen molar-refractivity contribution in [2.75, 3.05) is 26.2 Å². The van der Waals surface area contributed by atoms with Crippen LogP contribution in [0, 0.1) is 5.92 Å². The molecule has 0 amide bonds. The van der Waals surface area contributed by atoms with Crippen molar-refractivity contribution in [1.82, 2.24) is 10.2 Å². The van der Waals surface area contributed by atoms with E-state index in [-0.39, 0.29) is 0 Å². The Labute approximate surface area is 115 Å². The maximum absolute atomic E-state index is 3.71. The summed E-state index contributed by atoms with van der Waals surface area (Å²) in [5.41, 5.74) is 1.47. The summed E-state index contributed by atoms with van der Waals surface area (Å²) in [4.78, 5) is 2.59. The van der Waals surface area contributed by atoms with Crippen LogP contribution in [-0.2, 0) is 6.42 Å². The number of thiophene rings is 1. The molecule has 2 atom stereocenters. The van der Waals surface area contributed by atoms with Gasteiger partial charge in [-0.2, -0.15) is 11.3 Å². The van der Waals surface area contributed by atoms with Gasteiger partial charge in [0.15, 0.2) is 0 Å². The first-order valence-electron chi connectivity index (χ1n) is 7.26. The molecular formula is C15H26N2S. The van der Waals surface area contributed by atoms with Crippen LogP contribution in [0.5, 0.6) is 0 Å².